The number of carbonyl (C=O) groups excluding carboxylic acids is 2. The number of carbonyl (C=O) groups is 2. The van der Waals surface area contributed by atoms with Crippen molar-refractivity contribution in [2.75, 3.05) is 25.0 Å². The van der Waals surface area contributed by atoms with Crippen LogP contribution in [-0.2, 0) is 4.79 Å². The molecule has 1 aliphatic carbocycles. The van der Waals surface area contributed by atoms with Gasteiger partial charge in [-0.1, -0.05) is 0 Å². The van der Waals surface area contributed by atoms with Gasteiger partial charge in [-0.3, -0.25) is 9.59 Å². The van der Waals surface area contributed by atoms with Crippen molar-refractivity contribution in [3.63, 3.8) is 0 Å². The smallest absolute Gasteiger partial charge is 0.253 e. The molecule has 0 aromatic heterocycles. The van der Waals surface area contributed by atoms with E-state index in [0.29, 0.717) is 5.56 Å². The zero-order valence-electron chi connectivity index (χ0n) is 14.5. The molecule has 6 heteroatoms. The van der Waals surface area contributed by atoms with Crippen molar-refractivity contribution in [3.8, 4) is 6.07 Å². The lowest BCUT2D eigenvalue weighted by Gasteiger charge is -2.23. The number of anilines is 1. The van der Waals surface area contributed by atoms with Gasteiger partial charge >= 0.3 is 0 Å². The van der Waals surface area contributed by atoms with Gasteiger partial charge in [-0.25, -0.2) is 0 Å². The van der Waals surface area contributed by atoms with E-state index in [4.69, 9.17) is 0 Å². The first-order chi connectivity index (χ1) is 12.0. The number of amides is 2. The summed E-state index contributed by atoms with van der Waals surface area (Å²) in [6, 6.07) is 9.39. The number of hydrogen-bond acceptors (Lipinski definition) is 4. The molecule has 132 valence electrons. The van der Waals surface area contributed by atoms with Crippen LogP contribution < -0.4 is 10.6 Å². The molecule has 1 aromatic carbocycles. The zero-order valence-corrected chi connectivity index (χ0v) is 14.5. The van der Waals surface area contributed by atoms with Crippen LogP contribution in [0.5, 0.6) is 0 Å². The Bertz CT molecular complexity index is 684. The molecule has 1 heterocycles. The lowest BCUT2D eigenvalue weighted by atomic mass is 9.98. The molecule has 25 heavy (non-hydrogen) atoms. The number of hydrogen-bond donors (Lipinski definition) is 2. The molecule has 2 amide bonds. The van der Waals surface area contributed by atoms with Crippen molar-refractivity contribution >= 4 is 17.5 Å². The van der Waals surface area contributed by atoms with Gasteiger partial charge in [0.1, 0.15) is 5.54 Å². The van der Waals surface area contributed by atoms with Crippen LogP contribution in [0.25, 0.3) is 0 Å². The summed E-state index contributed by atoms with van der Waals surface area (Å²) in [5.41, 5.74) is 0.672. The molecule has 0 radical (unpaired) electrons. The molecule has 1 saturated carbocycles. The van der Waals surface area contributed by atoms with Gasteiger partial charge in [0.05, 0.1) is 12.6 Å². The van der Waals surface area contributed by atoms with E-state index in [1.54, 1.807) is 31.2 Å². The fraction of sp³-hybridized carbons (Fsp3) is 0.526. The minimum absolute atomic E-state index is 0.0658. The van der Waals surface area contributed by atoms with Crippen molar-refractivity contribution in [1.29, 1.82) is 5.26 Å². The Morgan fingerprint density at radius 3 is 2.44 bits per heavy atom. The first-order valence-corrected chi connectivity index (χ1v) is 8.87. The highest BCUT2D eigenvalue weighted by Gasteiger charge is 2.42. The van der Waals surface area contributed by atoms with E-state index >= 15 is 0 Å². The summed E-state index contributed by atoms with van der Waals surface area (Å²) in [5, 5.41) is 15.1. The lowest BCUT2D eigenvalue weighted by Crippen LogP contribution is -2.48. The molecule has 1 unspecified atom stereocenters. The molecule has 1 saturated heterocycles. The summed E-state index contributed by atoms with van der Waals surface area (Å²) in [7, 11) is 0. The highest BCUT2D eigenvalue weighted by Crippen LogP contribution is 2.39. The van der Waals surface area contributed by atoms with Gasteiger partial charge in [0, 0.05) is 24.3 Å². The van der Waals surface area contributed by atoms with Crippen molar-refractivity contribution in [3.05, 3.63) is 29.8 Å². The molecule has 3 rings (SSSR count). The van der Waals surface area contributed by atoms with Crippen LogP contribution in [0.15, 0.2) is 24.3 Å². The molecule has 2 N–H and O–H groups in total. The van der Waals surface area contributed by atoms with Crippen LogP contribution in [0, 0.1) is 17.2 Å². The normalized spacial score (nSPS) is 19.0. The Morgan fingerprint density at radius 2 is 1.88 bits per heavy atom. The monoisotopic (exact) mass is 340 g/mol. The molecule has 0 bridgehead atoms. The predicted molar refractivity (Wildman–Crippen MR) is 95.0 cm³/mol. The molecule has 1 aromatic rings. The minimum Gasteiger partial charge on any atom is -0.376 e. The Hall–Kier alpha value is -2.55. The van der Waals surface area contributed by atoms with E-state index in [2.05, 4.69) is 16.7 Å². The fourth-order valence-corrected chi connectivity index (χ4v) is 3.23. The summed E-state index contributed by atoms with van der Waals surface area (Å²) >= 11 is 0. The lowest BCUT2D eigenvalue weighted by molar-refractivity contribution is -0.120. The van der Waals surface area contributed by atoms with Gasteiger partial charge in [0.25, 0.3) is 5.91 Å². The SMILES string of the molecule is CC(C#N)(NC(=O)CNc1ccc(C(=O)N2CCCC2)cc1)C1CC1. The molecule has 1 atom stereocenters. The summed E-state index contributed by atoms with van der Waals surface area (Å²) in [5.74, 6) is 0.126. The molecule has 2 fully saturated rings. The maximum absolute atomic E-state index is 12.3. The first kappa shape index (κ1) is 17.3. The van der Waals surface area contributed by atoms with E-state index in [-0.39, 0.29) is 24.3 Å². The summed E-state index contributed by atoms with van der Waals surface area (Å²) in [6.07, 6.45) is 4.13. The van der Waals surface area contributed by atoms with Crippen molar-refractivity contribution in [2.24, 2.45) is 5.92 Å². The van der Waals surface area contributed by atoms with E-state index in [0.717, 1.165) is 44.5 Å². The Labute approximate surface area is 148 Å². The van der Waals surface area contributed by atoms with Gasteiger partial charge in [0.15, 0.2) is 0 Å². The number of nitrogens with one attached hydrogen (secondary N) is 2. The maximum Gasteiger partial charge on any atom is 0.253 e. The first-order valence-electron chi connectivity index (χ1n) is 8.87. The van der Waals surface area contributed by atoms with Crippen LogP contribution in [0.3, 0.4) is 0 Å². The highest BCUT2D eigenvalue weighted by molar-refractivity contribution is 5.94. The van der Waals surface area contributed by atoms with Crippen LogP contribution in [0.4, 0.5) is 5.69 Å². The largest absolute Gasteiger partial charge is 0.376 e. The average molecular weight is 340 g/mol. The average Bonchev–Trinajstić information content (AvgIpc) is 3.35. The van der Waals surface area contributed by atoms with Crippen LogP contribution in [0.1, 0.15) is 43.0 Å². The van der Waals surface area contributed by atoms with Gasteiger partial charge in [0.2, 0.25) is 5.91 Å². The van der Waals surface area contributed by atoms with Gasteiger partial charge in [-0.05, 0) is 62.8 Å². The molecular formula is C19H24N4O2. The third kappa shape index (κ3) is 4.11. The van der Waals surface area contributed by atoms with E-state index in [1.807, 2.05) is 4.90 Å². The summed E-state index contributed by atoms with van der Waals surface area (Å²) in [6.45, 7) is 3.54. The molecule has 6 nitrogen and oxygen atoms in total. The van der Waals surface area contributed by atoms with Crippen molar-refractivity contribution < 1.29 is 9.59 Å². The second kappa shape index (κ2) is 7.14. The van der Waals surface area contributed by atoms with E-state index < -0.39 is 5.54 Å². The zero-order chi connectivity index (χ0) is 17.9. The Kier molecular flexibility index (Phi) is 4.93. The highest BCUT2D eigenvalue weighted by atomic mass is 16.2. The number of rotatable bonds is 6. The Balaban J connectivity index is 1.50. The van der Waals surface area contributed by atoms with Gasteiger partial charge in [-0.15, -0.1) is 0 Å². The number of nitrogens with zero attached hydrogens (tertiary/aromatic N) is 2. The molecule has 2 aliphatic rings. The van der Waals surface area contributed by atoms with E-state index in [9.17, 15) is 14.9 Å². The maximum atomic E-state index is 12.3. The molecule has 0 spiro atoms. The standard InChI is InChI=1S/C19H24N4O2/c1-19(13-20,15-6-7-15)22-17(24)12-21-16-8-4-14(5-9-16)18(25)23-10-2-3-11-23/h4-5,8-9,15,21H,2-3,6-7,10-12H2,1H3,(H,22,24). The van der Waals surface area contributed by atoms with Crippen molar-refractivity contribution in [1.82, 2.24) is 10.2 Å². The number of nitriles is 1. The molecular weight excluding hydrogens is 316 g/mol. The minimum atomic E-state index is -0.773. The van der Waals surface area contributed by atoms with Crippen molar-refractivity contribution in [2.45, 2.75) is 38.1 Å². The topological polar surface area (TPSA) is 85.2 Å². The van der Waals surface area contributed by atoms with Crippen LogP contribution in [-0.4, -0.2) is 41.9 Å². The quantitative estimate of drug-likeness (QED) is 0.831. The van der Waals surface area contributed by atoms with Crippen LogP contribution >= 0.6 is 0 Å². The van der Waals surface area contributed by atoms with Crippen LogP contribution in [0.2, 0.25) is 0 Å². The third-order valence-electron chi connectivity index (χ3n) is 5.00. The summed E-state index contributed by atoms with van der Waals surface area (Å²) < 4.78 is 0. The van der Waals surface area contributed by atoms with Gasteiger partial charge < -0.3 is 15.5 Å². The third-order valence-corrected chi connectivity index (χ3v) is 5.00. The number of benzene rings is 1. The summed E-state index contributed by atoms with van der Waals surface area (Å²) in [4.78, 5) is 26.3. The fourth-order valence-electron chi connectivity index (χ4n) is 3.23. The predicted octanol–water partition coefficient (Wildman–Crippen LogP) is 2.14. The number of likely N-dealkylation sites (tertiary alicyclic amines) is 1. The van der Waals surface area contributed by atoms with Gasteiger partial charge in [-0.2, -0.15) is 5.26 Å². The second-order valence-electron chi connectivity index (χ2n) is 7.07. The second-order valence-corrected chi connectivity index (χ2v) is 7.07. The molecule has 1 aliphatic heterocycles. The Morgan fingerprint density at radius 1 is 1.24 bits per heavy atom. The van der Waals surface area contributed by atoms with E-state index in [1.165, 1.54) is 0 Å².